The van der Waals surface area contributed by atoms with E-state index in [1.807, 2.05) is 55.4 Å². The molecule has 0 aromatic rings. The van der Waals surface area contributed by atoms with Gasteiger partial charge in [0.05, 0.1) is 0 Å². The van der Waals surface area contributed by atoms with Crippen LogP contribution in [-0.2, 0) is 76.6 Å². The number of rotatable bonds is 21. The molecule has 1 saturated heterocycles. The molecule has 29 heteroatoms. The Bertz CT molecular complexity index is 2760. The smallest absolute Gasteiger partial charge is 0.329 e. The number of amides is 13. The molecule has 0 radical (unpaired) electrons. The van der Waals surface area contributed by atoms with Gasteiger partial charge in [0.1, 0.15) is 73.1 Å². The van der Waals surface area contributed by atoms with Crippen molar-refractivity contribution in [3.8, 4) is 0 Å². The number of carbonyl (C=O) groups excluding carboxylic acids is 14. The first-order valence-corrected chi connectivity index (χ1v) is 35.8. The van der Waals surface area contributed by atoms with Crippen molar-refractivity contribution in [1.29, 1.82) is 0 Å². The van der Waals surface area contributed by atoms with Crippen LogP contribution in [0.2, 0.25) is 0 Å². The van der Waals surface area contributed by atoms with Crippen LogP contribution in [0.4, 0.5) is 0 Å². The highest BCUT2D eigenvalue weighted by Crippen LogP contribution is 2.24. The van der Waals surface area contributed by atoms with E-state index in [-0.39, 0.29) is 76.1 Å². The number of nitrogens with zero attached hydrogens (tertiary/aromatic N) is 6. The van der Waals surface area contributed by atoms with Gasteiger partial charge in [-0.1, -0.05) is 130 Å². The fourth-order valence-electron chi connectivity index (χ4n) is 12.0. The average Bonchev–Trinajstić information content (AvgIpc) is 0.830. The minimum atomic E-state index is -1.71. The van der Waals surface area contributed by atoms with Crippen LogP contribution in [0.25, 0.3) is 0 Å². The highest BCUT2D eigenvalue weighted by Gasteiger charge is 2.44. The van der Waals surface area contributed by atoms with Crippen molar-refractivity contribution < 1.29 is 76.6 Å². The van der Waals surface area contributed by atoms with Crippen LogP contribution >= 0.6 is 0 Å². The van der Waals surface area contributed by atoms with Crippen molar-refractivity contribution in [3.05, 3.63) is 0 Å². The van der Waals surface area contributed by atoms with Crippen molar-refractivity contribution in [3.63, 3.8) is 0 Å². The van der Waals surface area contributed by atoms with E-state index in [0.29, 0.717) is 19.3 Å². The van der Waals surface area contributed by atoms with Gasteiger partial charge in [0.25, 0.3) is 0 Å². The van der Waals surface area contributed by atoms with Gasteiger partial charge in [-0.15, -0.1) is 0 Å². The number of esters is 1. The van der Waals surface area contributed by atoms with Crippen LogP contribution < -0.4 is 37.2 Å². The third-order valence-electron chi connectivity index (χ3n) is 18.9. The molecular weight excluding hydrogens is 1290 g/mol. The van der Waals surface area contributed by atoms with Crippen molar-refractivity contribution in [2.75, 3.05) is 75.6 Å². The van der Waals surface area contributed by atoms with E-state index in [1.165, 1.54) is 87.7 Å². The van der Waals surface area contributed by atoms with Crippen LogP contribution in [0.5, 0.6) is 0 Å². The molecule has 1 fully saturated rings. The Morgan fingerprint density at radius 2 is 1.03 bits per heavy atom. The Kier molecular flexibility index (Phi) is 39.3. The molecule has 0 aliphatic carbocycles. The first-order chi connectivity index (χ1) is 46.5. The summed E-state index contributed by atoms with van der Waals surface area (Å²) in [7, 11) is 9.79. The van der Waals surface area contributed by atoms with Gasteiger partial charge in [-0.05, 0) is 80.5 Å². The number of ether oxygens (including phenoxy) is 2. The molecule has 0 saturated carbocycles. The number of nitrogens with one attached hydrogen (secondary N) is 7. The molecule has 0 bridgehead atoms. The van der Waals surface area contributed by atoms with Crippen molar-refractivity contribution in [2.45, 2.75) is 249 Å². The van der Waals surface area contributed by atoms with Gasteiger partial charge < -0.3 is 76.1 Å². The summed E-state index contributed by atoms with van der Waals surface area (Å²) >= 11 is 0. The Hall–Kier alpha value is -7.46. The van der Waals surface area contributed by atoms with Gasteiger partial charge in [-0.25, -0.2) is 4.79 Å². The molecule has 0 aromatic heterocycles. The molecule has 7 N–H and O–H groups in total. The normalized spacial score (nSPS) is 24.8. The minimum Gasteiger partial charge on any atom is -0.458 e. The molecule has 572 valence electrons. The van der Waals surface area contributed by atoms with Crippen LogP contribution in [0.15, 0.2) is 0 Å². The predicted octanol–water partition coefficient (Wildman–Crippen LogP) is 2.61. The number of likely N-dealkylation sites (N-methyl/N-ethyl adjacent to an activating group) is 6. The van der Waals surface area contributed by atoms with E-state index >= 15 is 4.79 Å². The van der Waals surface area contributed by atoms with Crippen LogP contribution in [0.1, 0.15) is 182 Å². The Morgan fingerprint density at radius 1 is 0.570 bits per heavy atom. The molecule has 0 spiro atoms. The molecule has 29 nitrogen and oxygen atoms in total. The maximum atomic E-state index is 15.1. The summed E-state index contributed by atoms with van der Waals surface area (Å²) in [6.45, 7) is 30.5. The zero-order valence-electron chi connectivity index (χ0n) is 64.9. The molecule has 0 unspecified atom stereocenters. The van der Waals surface area contributed by atoms with Crippen LogP contribution in [0, 0.1) is 47.3 Å². The zero-order valence-corrected chi connectivity index (χ0v) is 64.9. The zero-order chi connectivity index (χ0) is 77.1. The topological polar surface area (TPSA) is 361 Å². The number of cyclic esters (lactones) is 1. The highest BCUT2D eigenvalue weighted by atomic mass is 16.5. The summed E-state index contributed by atoms with van der Waals surface area (Å²) < 4.78 is 11.1. The number of hydrogen-bond donors (Lipinski definition) is 7. The molecule has 1 heterocycles. The first kappa shape index (κ1) is 90.6. The highest BCUT2D eigenvalue weighted by molar-refractivity contribution is 5.98. The van der Waals surface area contributed by atoms with Gasteiger partial charge in [-0.2, -0.15) is 0 Å². The van der Waals surface area contributed by atoms with Gasteiger partial charge in [0, 0.05) is 88.3 Å². The summed E-state index contributed by atoms with van der Waals surface area (Å²) in [4.78, 5) is 207. The summed E-state index contributed by atoms with van der Waals surface area (Å²) in [5.41, 5.74) is 0. The van der Waals surface area contributed by atoms with Gasteiger partial charge in [0.2, 0.25) is 76.8 Å². The summed E-state index contributed by atoms with van der Waals surface area (Å²) in [6.07, 6.45) is -0.949. The second kappa shape index (κ2) is 43.4. The first-order valence-electron chi connectivity index (χ1n) is 35.8. The lowest BCUT2D eigenvalue weighted by Gasteiger charge is -2.37. The fraction of sp³-hybridized carbons (Fsp3) is 0.803. The Balaban J connectivity index is 4.23. The van der Waals surface area contributed by atoms with E-state index in [4.69, 9.17) is 9.47 Å². The number of methoxy groups -OCH3 is 1. The maximum Gasteiger partial charge on any atom is 0.329 e. The van der Waals surface area contributed by atoms with Crippen LogP contribution in [-0.4, -0.2) is 254 Å². The largest absolute Gasteiger partial charge is 0.458 e. The lowest BCUT2D eigenvalue weighted by atomic mass is 9.94. The van der Waals surface area contributed by atoms with Crippen molar-refractivity contribution in [2.24, 2.45) is 47.3 Å². The summed E-state index contributed by atoms with van der Waals surface area (Å²) in [6, 6.07) is -12.2. The number of carbonyl (C=O) groups is 14. The molecular formula is C71H127N13O16. The lowest BCUT2D eigenvalue weighted by Crippen LogP contribution is -2.61. The Morgan fingerprint density at radius 3 is 1.49 bits per heavy atom. The molecule has 1 rings (SSSR count). The Labute approximate surface area is 595 Å². The second-order valence-corrected chi connectivity index (χ2v) is 29.3. The summed E-state index contributed by atoms with van der Waals surface area (Å²) in [5, 5.41) is 19.3. The monoisotopic (exact) mass is 1420 g/mol. The lowest BCUT2D eigenvalue weighted by molar-refractivity contribution is -0.164. The van der Waals surface area contributed by atoms with Gasteiger partial charge in [-0.3, -0.25) is 62.3 Å². The van der Waals surface area contributed by atoms with Crippen LogP contribution in [0.3, 0.4) is 0 Å². The van der Waals surface area contributed by atoms with E-state index < -0.39 is 185 Å². The molecule has 100 heavy (non-hydrogen) atoms. The molecule has 0 aromatic carbocycles. The molecule has 1 aliphatic heterocycles. The maximum absolute atomic E-state index is 15.1. The fourth-order valence-corrected chi connectivity index (χ4v) is 12.0. The van der Waals surface area contributed by atoms with E-state index in [9.17, 15) is 62.3 Å². The SMILES string of the molecule is CC[C@@H](C)[C@H]1C(=O)NCCC(=O)N[C@H]([C@@H](C)CC)C(=O)N(C)[C@@H](C(C)C)C(=O)N(C)[C@@H](C)C(=O)NCCC(=O)N[C@H](CC(C)C)C(=O)N(C)[C@H]([C@H](C)CC)C(=O)O[C@H](C)[C@H](NC(=O)[C@@H](CC(C)C)N(C)C(=O)[C@@H](NC(=O)COC)C(C)C)C(=O)N(C)CCC(=O)N[C@H](CC(C)C)C(=O)N1C. The second-order valence-electron chi connectivity index (χ2n) is 29.3. The third kappa shape index (κ3) is 27.5. The predicted molar refractivity (Wildman–Crippen MR) is 379 cm³/mol. The van der Waals surface area contributed by atoms with E-state index in [2.05, 4.69) is 37.2 Å². The molecule has 1 aliphatic rings. The van der Waals surface area contributed by atoms with E-state index in [1.54, 1.807) is 55.4 Å². The van der Waals surface area contributed by atoms with Crippen molar-refractivity contribution >= 4 is 82.8 Å². The third-order valence-corrected chi connectivity index (χ3v) is 18.9. The molecule has 13 amide bonds. The van der Waals surface area contributed by atoms with Crippen molar-refractivity contribution in [1.82, 2.24) is 66.6 Å². The average molecular weight is 1420 g/mol. The quantitative estimate of drug-likeness (QED) is 0.0812. The minimum absolute atomic E-state index is 0.0632. The van der Waals surface area contributed by atoms with E-state index in [0.717, 1.165) is 4.90 Å². The van der Waals surface area contributed by atoms with Gasteiger partial charge in [0.15, 0.2) is 0 Å². The molecule has 14 atom stereocenters. The standard InChI is InChI=1S/C71H127N13O16/c1-26-44(14)57-69(96)82(22)59(43(12)13)70(97)80(20)47(17)62(89)72-32-29-52(85)74-50(36-40(6)7)66(93)84(24)61(46(16)28-3)71(98)100-48(18)58(78-63(90)51(37-41(8)9)81(21)68(95)56(42(10)11)77-55(88)38-99-25)67(94)79(19)34-31-54(87)75-49(35-39(4)5)65(92)83(23)60(45(15)27-2)64(91)73-33-30-53(86)76-57/h39-51,56-61H,26-38H2,1-25H3,(H,72,89)(H,73,91)(H,74,85)(H,75,87)(H,76,86)(H,77,88)(H,78,90)/t44-,45+,46+,47-,48+,49+,50+,51+,56-,57+,58-,59-,60-,61+/m0/s1. The number of hydrogen-bond acceptors (Lipinski definition) is 16. The van der Waals surface area contributed by atoms with Gasteiger partial charge >= 0.3 is 5.97 Å². The summed E-state index contributed by atoms with van der Waals surface area (Å²) in [5.74, 6) is -12.3.